The van der Waals surface area contributed by atoms with E-state index in [1.165, 1.54) is 17.2 Å². The van der Waals surface area contributed by atoms with Crippen molar-refractivity contribution >= 4 is 22.9 Å². The van der Waals surface area contributed by atoms with Crippen LogP contribution in [0.2, 0.25) is 0 Å². The summed E-state index contributed by atoms with van der Waals surface area (Å²) >= 11 is 0. The maximum Gasteiger partial charge on any atom is 0.348 e. The molecule has 0 aliphatic heterocycles. The average Bonchev–Trinajstić information content (AvgIpc) is 3.16. The zero-order chi connectivity index (χ0) is 17.2. The largest absolute Gasteiger partial charge is 0.506 e. The number of rotatable bonds is 3. The molecule has 0 spiro atoms. The number of tetrazole rings is 1. The molecule has 0 saturated heterocycles. The van der Waals surface area contributed by atoms with Gasteiger partial charge in [0.25, 0.3) is 0 Å². The molecule has 0 fully saturated rings. The minimum atomic E-state index is -0.656. The molecule has 25 heavy (non-hydrogen) atoms. The van der Waals surface area contributed by atoms with Crippen LogP contribution >= 0.6 is 0 Å². The van der Waals surface area contributed by atoms with E-state index in [9.17, 15) is 9.90 Å². The molecule has 4 aromatic rings. The second-order valence-corrected chi connectivity index (χ2v) is 5.18. The van der Waals surface area contributed by atoms with Gasteiger partial charge in [-0.3, -0.25) is 4.99 Å². The van der Waals surface area contributed by atoms with Gasteiger partial charge >= 0.3 is 5.63 Å². The van der Waals surface area contributed by atoms with Gasteiger partial charge in [-0.25, -0.2) is 9.48 Å². The molecular weight excluding hydrogens is 322 g/mol. The SMILES string of the molecule is O=c1oc2ccccc2c(O)c1C=Nc1cccc(-n2cnnn2)c1. The fourth-order valence-electron chi connectivity index (χ4n) is 2.40. The Labute approximate surface area is 140 Å². The third-order valence-corrected chi connectivity index (χ3v) is 3.61. The minimum absolute atomic E-state index is 0.00785. The molecule has 4 rings (SSSR count). The lowest BCUT2D eigenvalue weighted by Crippen LogP contribution is -2.06. The Morgan fingerprint density at radius 1 is 1.16 bits per heavy atom. The van der Waals surface area contributed by atoms with Gasteiger partial charge in [-0.1, -0.05) is 18.2 Å². The monoisotopic (exact) mass is 333 g/mol. The zero-order valence-corrected chi connectivity index (χ0v) is 12.8. The highest BCUT2D eigenvalue weighted by Gasteiger charge is 2.11. The van der Waals surface area contributed by atoms with Crippen LogP contribution in [0.4, 0.5) is 5.69 Å². The van der Waals surface area contributed by atoms with Crippen molar-refractivity contribution in [3.63, 3.8) is 0 Å². The summed E-state index contributed by atoms with van der Waals surface area (Å²) < 4.78 is 6.69. The van der Waals surface area contributed by atoms with E-state index in [1.54, 1.807) is 42.5 Å². The van der Waals surface area contributed by atoms with Crippen molar-refractivity contribution in [2.24, 2.45) is 4.99 Å². The predicted octanol–water partition coefficient (Wildman–Crippen LogP) is 2.22. The first-order valence-corrected chi connectivity index (χ1v) is 7.35. The number of aromatic hydroxyl groups is 1. The van der Waals surface area contributed by atoms with Crippen molar-refractivity contribution in [1.29, 1.82) is 0 Å². The van der Waals surface area contributed by atoms with E-state index >= 15 is 0 Å². The van der Waals surface area contributed by atoms with Crippen LogP contribution in [0, 0.1) is 0 Å². The zero-order valence-electron chi connectivity index (χ0n) is 12.8. The number of para-hydroxylation sites is 1. The highest BCUT2D eigenvalue weighted by atomic mass is 16.4. The first-order valence-electron chi connectivity index (χ1n) is 7.35. The smallest absolute Gasteiger partial charge is 0.348 e. The van der Waals surface area contributed by atoms with Crippen LogP contribution in [0.15, 0.2) is 69.1 Å². The first-order chi connectivity index (χ1) is 12.2. The van der Waals surface area contributed by atoms with Gasteiger partial charge < -0.3 is 9.52 Å². The van der Waals surface area contributed by atoms with Gasteiger partial charge in [0.15, 0.2) is 0 Å². The second kappa shape index (κ2) is 6.00. The molecule has 8 nitrogen and oxygen atoms in total. The summed E-state index contributed by atoms with van der Waals surface area (Å²) in [5.74, 6) is -0.160. The molecule has 1 N–H and O–H groups in total. The van der Waals surface area contributed by atoms with E-state index in [1.807, 2.05) is 6.07 Å². The van der Waals surface area contributed by atoms with Crippen LogP contribution in [-0.2, 0) is 0 Å². The molecule has 0 saturated carbocycles. The standard InChI is InChI=1S/C17H11N5O3/c23-16-13-6-1-2-7-15(13)25-17(24)14(16)9-18-11-4-3-5-12(8-11)22-10-19-20-21-22/h1-10,23H. The van der Waals surface area contributed by atoms with Crippen molar-refractivity contribution in [1.82, 2.24) is 20.2 Å². The van der Waals surface area contributed by atoms with Crippen molar-refractivity contribution in [3.05, 3.63) is 70.8 Å². The van der Waals surface area contributed by atoms with Crippen LogP contribution < -0.4 is 5.63 Å². The van der Waals surface area contributed by atoms with Gasteiger partial charge in [0.1, 0.15) is 23.2 Å². The summed E-state index contributed by atoms with van der Waals surface area (Å²) in [7, 11) is 0. The van der Waals surface area contributed by atoms with Gasteiger partial charge in [-0.2, -0.15) is 0 Å². The van der Waals surface area contributed by atoms with Crippen LogP contribution in [0.5, 0.6) is 5.75 Å². The summed E-state index contributed by atoms with van der Waals surface area (Å²) in [6, 6.07) is 13.9. The van der Waals surface area contributed by atoms with E-state index in [0.717, 1.165) is 5.69 Å². The number of fused-ring (bicyclic) bond motifs is 1. The molecule has 8 heteroatoms. The van der Waals surface area contributed by atoms with E-state index in [4.69, 9.17) is 4.42 Å². The molecule has 2 aromatic heterocycles. The third-order valence-electron chi connectivity index (χ3n) is 3.61. The number of nitrogens with zero attached hydrogens (tertiary/aromatic N) is 5. The Morgan fingerprint density at radius 3 is 2.88 bits per heavy atom. The lowest BCUT2D eigenvalue weighted by molar-refractivity contribution is 0.466. The predicted molar refractivity (Wildman–Crippen MR) is 90.6 cm³/mol. The summed E-state index contributed by atoms with van der Waals surface area (Å²) in [6.45, 7) is 0. The Hall–Kier alpha value is -3.81. The first kappa shape index (κ1) is 14.8. The lowest BCUT2D eigenvalue weighted by atomic mass is 10.1. The van der Waals surface area contributed by atoms with Gasteiger partial charge in [-0.15, -0.1) is 5.10 Å². The molecule has 0 unspecified atom stereocenters. The molecule has 0 aliphatic rings. The highest BCUT2D eigenvalue weighted by molar-refractivity contribution is 5.94. The van der Waals surface area contributed by atoms with Gasteiger partial charge in [0.05, 0.1) is 16.8 Å². The number of hydrogen-bond donors (Lipinski definition) is 1. The van der Waals surface area contributed by atoms with Crippen molar-refractivity contribution in [3.8, 4) is 11.4 Å². The summed E-state index contributed by atoms with van der Waals surface area (Å²) in [5.41, 5.74) is 0.945. The minimum Gasteiger partial charge on any atom is -0.506 e. The number of benzene rings is 2. The topological polar surface area (TPSA) is 106 Å². The summed E-state index contributed by atoms with van der Waals surface area (Å²) in [4.78, 5) is 16.3. The molecule has 0 bridgehead atoms. The third kappa shape index (κ3) is 2.76. The summed E-state index contributed by atoms with van der Waals surface area (Å²) in [5, 5.41) is 21.8. The average molecular weight is 333 g/mol. The Balaban J connectivity index is 1.74. The maximum absolute atomic E-state index is 12.1. The molecule has 0 atom stereocenters. The van der Waals surface area contributed by atoms with E-state index in [-0.39, 0.29) is 11.3 Å². The molecule has 0 radical (unpaired) electrons. The van der Waals surface area contributed by atoms with Crippen LogP contribution in [0.25, 0.3) is 16.7 Å². The molecule has 2 heterocycles. The van der Waals surface area contributed by atoms with Crippen LogP contribution in [0.3, 0.4) is 0 Å². The molecular formula is C17H11N5O3. The maximum atomic E-state index is 12.1. The van der Waals surface area contributed by atoms with Crippen LogP contribution in [-0.4, -0.2) is 31.5 Å². The number of aromatic nitrogens is 4. The van der Waals surface area contributed by atoms with Crippen LogP contribution in [0.1, 0.15) is 5.56 Å². The quantitative estimate of drug-likeness (QED) is 0.455. The fraction of sp³-hybridized carbons (Fsp3) is 0. The highest BCUT2D eigenvalue weighted by Crippen LogP contribution is 2.25. The van der Waals surface area contributed by atoms with Gasteiger partial charge in [-0.05, 0) is 40.8 Å². The van der Waals surface area contributed by atoms with Gasteiger partial charge in [0.2, 0.25) is 0 Å². The van der Waals surface area contributed by atoms with E-state index in [2.05, 4.69) is 20.5 Å². The molecule has 0 aliphatic carbocycles. The van der Waals surface area contributed by atoms with Crippen molar-refractivity contribution < 1.29 is 9.52 Å². The second-order valence-electron chi connectivity index (χ2n) is 5.18. The lowest BCUT2D eigenvalue weighted by Gasteiger charge is -2.03. The number of hydrogen-bond acceptors (Lipinski definition) is 7. The van der Waals surface area contributed by atoms with Crippen molar-refractivity contribution in [2.75, 3.05) is 0 Å². The normalized spacial score (nSPS) is 11.4. The van der Waals surface area contributed by atoms with E-state index in [0.29, 0.717) is 16.7 Å². The Kier molecular flexibility index (Phi) is 3.55. The van der Waals surface area contributed by atoms with Gasteiger partial charge in [0, 0.05) is 6.21 Å². The molecule has 2 aromatic carbocycles. The van der Waals surface area contributed by atoms with Crippen molar-refractivity contribution in [2.45, 2.75) is 0 Å². The fourth-order valence-corrected chi connectivity index (χ4v) is 2.40. The molecule has 0 amide bonds. The molecule has 122 valence electrons. The number of aliphatic imine (C=N–C) groups is 1. The Bertz CT molecular complexity index is 1130. The van der Waals surface area contributed by atoms with E-state index < -0.39 is 5.63 Å². The summed E-state index contributed by atoms with van der Waals surface area (Å²) in [6.07, 6.45) is 2.75. The Morgan fingerprint density at radius 2 is 2.04 bits per heavy atom.